The van der Waals surface area contributed by atoms with Crippen molar-refractivity contribution in [2.45, 2.75) is 25.3 Å². The van der Waals surface area contributed by atoms with Crippen molar-refractivity contribution in [3.63, 3.8) is 0 Å². The maximum absolute atomic E-state index is 11.8. The normalized spacial score (nSPS) is 24.9. The van der Waals surface area contributed by atoms with Crippen molar-refractivity contribution in [2.75, 3.05) is 19.0 Å². The first-order valence-electron chi connectivity index (χ1n) is 10.3. The molecule has 8 heteroatoms. The topological polar surface area (TPSA) is 96.4 Å². The monoisotopic (exact) mass is 424 g/mol. The first-order valence-corrected chi connectivity index (χ1v) is 11.1. The molecule has 0 aliphatic heterocycles. The smallest absolute Gasteiger partial charge is 0.269 e. The number of aliphatic hydroxyl groups excluding tert-OH is 1. The van der Waals surface area contributed by atoms with Gasteiger partial charge < -0.3 is 20.5 Å². The van der Waals surface area contributed by atoms with Crippen LogP contribution >= 0.6 is 11.3 Å². The molecule has 0 radical (unpaired) electrons. The fourth-order valence-corrected chi connectivity index (χ4v) is 5.87. The molecule has 2 saturated carbocycles. The van der Waals surface area contributed by atoms with Crippen LogP contribution in [0.4, 0.5) is 5.13 Å². The van der Waals surface area contributed by atoms with Crippen molar-refractivity contribution in [3.8, 4) is 11.5 Å². The Kier molecular flexibility index (Phi) is 5.04. The maximum Gasteiger partial charge on any atom is 0.269 e. The summed E-state index contributed by atoms with van der Waals surface area (Å²) in [5.41, 5.74) is 1.23. The number of carbonyl (C=O) groups is 1. The summed E-state index contributed by atoms with van der Waals surface area (Å²) in [7, 11) is 1.57. The number of anilines is 1. The Labute approximate surface area is 178 Å². The molecule has 2 bridgehead atoms. The van der Waals surface area contributed by atoms with Gasteiger partial charge in [0.25, 0.3) is 5.91 Å². The Hall–Kier alpha value is -2.71. The van der Waals surface area contributed by atoms with Crippen LogP contribution in [-0.2, 0) is 0 Å². The Morgan fingerprint density at radius 1 is 1.23 bits per heavy atom. The zero-order valence-electron chi connectivity index (χ0n) is 16.7. The van der Waals surface area contributed by atoms with E-state index in [0.717, 1.165) is 15.3 Å². The van der Waals surface area contributed by atoms with E-state index in [-0.39, 0.29) is 12.5 Å². The van der Waals surface area contributed by atoms with Gasteiger partial charge in [-0.15, -0.1) is 0 Å². The summed E-state index contributed by atoms with van der Waals surface area (Å²) >= 11 is 1.60. The zero-order valence-corrected chi connectivity index (χ0v) is 17.5. The number of hydrogen-bond acceptors (Lipinski definition) is 7. The Balaban J connectivity index is 1.34. The first kappa shape index (κ1) is 19.3. The molecule has 5 rings (SSSR count). The third-order valence-electron chi connectivity index (χ3n) is 6.38. The van der Waals surface area contributed by atoms with E-state index in [1.807, 2.05) is 18.2 Å². The lowest BCUT2D eigenvalue weighted by molar-refractivity contribution is 0.0958. The number of nitrogens with zero attached hydrogens (tertiary/aromatic N) is 2. The molecular formula is C22H24N4O3S. The van der Waals surface area contributed by atoms with Gasteiger partial charge in [-0.25, -0.2) is 4.98 Å². The van der Waals surface area contributed by atoms with Gasteiger partial charge in [-0.05, 0) is 49.3 Å². The average molecular weight is 425 g/mol. The van der Waals surface area contributed by atoms with Gasteiger partial charge >= 0.3 is 0 Å². The Morgan fingerprint density at radius 2 is 2.07 bits per heavy atom. The highest BCUT2D eigenvalue weighted by Gasteiger charge is 2.47. The highest BCUT2D eigenvalue weighted by molar-refractivity contribution is 7.22. The quantitative estimate of drug-likeness (QED) is 0.559. The van der Waals surface area contributed by atoms with Crippen LogP contribution < -0.4 is 15.4 Å². The number of amides is 1. The molecule has 2 heterocycles. The average Bonchev–Trinajstić information content (AvgIpc) is 3.47. The third kappa shape index (κ3) is 3.50. The molecular weight excluding hydrogens is 400 g/mol. The molecule has 2 aliphatic carbocycles. The largest absolute Gasteiger partial charge is 0.457 e. The van der Waals surface area contributed by atoms with Crippen LogP contribution in [0.25, 0.3) is 10.2 Å². The van der Waals surface area contributed by atoms with Crippen molar-refractivity contribution in [2.24, 2.45) is 17.8 Å². The number of fused-ring (bicyclic) bond motifs is 3. The molecule has 3 N–H and O–H groups in total. The van der Waals surface area contributed by atoms with Crippen molar-refractivity contribution in [3.05, 3.63) is 42.2 Å². The number of carbonyl (C=O) groups excluding carboxylic acids is 1. The molecule has 2 fully saturated rings. The molecule has 2 aliphatic rings. The molecule has 156 valence electrons. The number of ether oxygens (including phenoxy) is 1. The molecule has 7 nitrogen and oxygen atoms in total. The summed E-state index contributed by atoms with van der Waals surface area (Å²) in [4.78, 5) is 20.6. The highest BCUT2D eigenvalue weighted by Crippen LogP contribution is 2.49. The predicted octanol–water partition coefficient (Wildman–Crippen LogP) is 3.66. The van der Waals surface area contributed by atoms with Crippen LogP contribution in [0.2, 0.25) is 0 Å². The highest BCUT2D eigenvalue weighted by atomic mass is 32.1. The summed E-state index contributed by atoms with van der Waals surface area (Å²) in [6.45, 7) is 0.242. The number of pyridine rings is 1. The van der Waals surface area contributed by atoms with Crippen molar-refractivity contribution in [1.29, 1.82) is 0 Å². The minimum Gasteiger partial charge on any atom is -0.457 e. The van der Waals surface area contributed by atoms with E-state index in [1.54, 1.807) is 36.7 Å². The lowest BCUT2D eigenvalue weighted by Gasteiger charge is -2.30. The summed E-state index contributed by atoms with van der Waals surface area (Å²) in [6, 6.07) is 9.43. The predicted molar refractivity (Wildman–Crippen MR) is 116 cm³/mol. The summed E-state index contributed by atoms with van der Waals surface area (Å²) < 4.78 is 6.97. The van der Waals surface area contributed by atoms with Crippen LogP contribution in [0, 0.1) is 17.8 Å². The lowest BCUT2D eigenvalue weighted by atomic mass is 9.85. The Bertz CT molecular complexity index is 1090. The van der Waals surface area contributed by atoms with Crippen LogP contribution in [0.5, 0.6) is 11.5 Å². The van der Waals surface area contributed by atoms with Gasteiger partial charge in [0.1, 0.15) is 17.2 Å². The van der Waals surface area contributed by atoms with Gasteiger partial charge in [-0.2, -0.15) is 0 Å². The van der Waals surface area contributed by atoms with E-state index in [1.165, 1.54) is 19.3 Å². The second kappa shape index (κ2) is 7.85. The van der Waals surface area contributed by atoms with E-state index in [2.05, 4.69) is 15.6 Å². The minimum absolute atomic E-state index is 0.242. The molecule has 0 saturated heterocycles. The summed E-state index contributed by atoms with van der Waals surface area (Å²) in [6.07, 6.45) is 5.26. The second-order valence-corrected chi connectivity index (χ2v) is 9.09. The first-order chi connectivity index (χ1) is 14.6. The molecule has 1 aromatic carbocycles. The number of aliphatic hydroxyl groups is 1. The van der Waals surface area contributed by atoms with Gasteiger partial charge in [0.05, 0.1) is 10.2 Å². The second-order valence-electron chi connectivity index (χ2n) is 8.06. The fraction of sp³-hybridized carbons (Fsp3) is 0.409. The Morgan fingerprint density at radius 3 is 2.90 bits per heavy atom. The van der Waals surface area contributed by atoms with E-state index in [0.29, 0.717) is 41.0 Å². The molecule has 2 aromatic heterocycles. The zero-order chi connectivity index (χ0) is 20.7. The van der Waals surface area contributed by atoms with Crippen molar-refractivity contribution < 1.29 is 14.6 Å². The van der Waals surface area contributed by atoms with Crippen LogP contribution in [-0.4, -0.2) is 40.7 Å². The maximum atomic E-state index is 11.8. The van der Waals surface area contributed by atoms with Gasteiger partial charge in [-0.1, -0.05) is 11.3 Å². The fourth-order valence-electron chi connectivity index (χ4n) is 4.93. The van der Waals surface area contributed by atoms with E-state index in [9.17, 15) is 9.90 Å². The van der Waals surface area contributed by atoms with Crippen LogP contribution in [0.1, 0.15) is 29.8 Å². The number of nitrogens with one attached hydrogen (secondary N) is 2. The van der Waals surface area contributed by atoms with E-state index in [4.69, 9.17) is 9.72 Å². The standard InChI is InChI=1S/C22H24N4O3S/c1-23-21(28)18-9-15(6-7-24-18)29-14-4-5-17-19(10-14)30-22(25-17)26-20-13-3-2-12(8-13)16(20)11-27/h4-7,9-10,12-13,16,20,27H,2-3,8,11H2,1H3,(H,23,28)(H,25,26)/t12-,13+,16-,20?/m1/s1. The molecule has 30 heavy (non-hydrogen) atoms. The van der Waals surface area contributed by atoms with Gasteiger partial charge in [0.2, 0.25) is 0 Å². The van der Waals surface area contributed by atoms with Crippen molar-refractivity contribution >= 4 is 32.6 Å². The number of thiazole rings is 1. The number of hydrogen-bond donors (Lipinski definition) is 3. The summed E-state index contributed by atoms with van der Waals surface area (Å²) in [5, 5.41) is 16.9. The van der Waals surface area contributed by atoms with E-state index < -0.39 is 0 Å². The van der Waals surface area contributed by atoms with Crippen molar-refractivity contribution in [1.82, 2.24) is 15.3 Å². The molecule has 0 spiro atoms. The molecule has 1 unspecified atom stereocenters. The van der Waals surface area contributed by atoms with E-state index >= 15 is 0 Å². The van der Waals surface area contributed by atoms with Gasteiger partial charge in [0.15, 0.2) is 5.13 Å². The van der Waals surface area contributed by atoms with Crippen LogP contribution in [0.15, 0.2) is 36.5 Å². The van der Waals surface area contributed by atoms with Crippen LogP contribution in [0.3, 0.4) is 0 Å². The van der Waals surface area contributed by atoms with Gasteiger partial charge in [0, 0.05) is 43.9 Å². The molecule has 4 atom stereocenters. The SMILES string of the molecule is CNC(=O)c1cc(Oc2ccc3nc(NC4[C@H]5CC[C@H](C5)[C@H]4CO)sc3c2)ccn1. The van der Waals surface area contributed by atoms with Gasteiger partial charge in [-0.3, -0.25) is 9.78 Å². The number of aromatic nitrogens is 2. The third-order valence-corrected chi connectivity index (χ3v) is 7.33. The molecule has 1 amide bonds. The summed E-state index contributed by atoms with van der Waals surface area (Å²) in [5.74, 6) is 2.59. The molecule has 3 aromatic rings. The number of benzene rings is 1. The minimum atomic E-state index is -0.254. The lowest BCUT2D eigenvalue weighted by Crippen LogP contribution is -2.36. The number of rotatable bonds is 6.